The highest BCUT2D eigenvalue weighted by Crippen LogP contribution is 2.42. The zero-order valence-electron chi connectivity index (χ0n) is 18.2. The number of benzene rings is 1. The Bertz CT molecular complexity index is 993. The van der Waals surface area contributed by atoms with Crippen LogP contribution in [0.15, 0.2) is 46.9 Å². The molecule has 7 nitrogen and oxygen atoms in total. The van der Waals surface area contributed by atoms with Crippen molar-refractivity contribution >= 4 is 5.95 Å². The molecule has 0 bridgehead atoms. The molecule has 0 spiro atoms. The standard InChI is InChI=1S/C24H30N4O3/c1-17-10-11-20(31-17)15-27(2)24-26-25-23(28(24)16-19-9-6-13-29-19)21-12-14-30-22(21)18-7-4-3-5-8-18/h3-5,7-8,10-11,19,21-22H,6,9,12-16H2,1-2H3/t19?,21-,22+/m0/s1. The molecule has 0 amide bonds. The lowest BCUT2D eigenvalue weighted by Gasteiger charge is -2.24. The summed E-state index contributed by atoms with van der Waals surface area (Å²) in [7, 11) is 2.04. The third kappa shape index (κ3) is 4.25. The molecule has 0 N–H and O–H groups in total. The van der Waals surface area contributed by atoms with Gasteiger partial charge in [0.05, 0.1) is 31.2 Å². The number of hydrogen-bond donors (Lipinski definition) is 0. The number of anilines is 1. The summed E-state index contributed by atoms with van der Waals surface area (Å²) in [6.07, 6.45) is 3.31. The lowest BCUT2D eigenvalue weighted by molar-refractivity contribution is 0.0915. The topological polar surface area (TPSA) is 65.5 Å². The van der Waals surface area contributed by atoms with Gasteiger partial charge in [-0.3, -0.25) is 4.57 Å². The number of furan rings is 1. The SMILES string of the molecule is Cc1ccc(CN(C)c2nnc([C@H]3CCO[C@@H]3c3ccccc3)n2CC2CCCO2)o1. The van der Waals surface area contributed by atoms with Gasteiger partial charge >= 0.3 is 0 Å². The predicted octanol–water partition coefficient (Wildman–Crippen LogP) is 4.24. The third-order valence-electron chi connectivity index (χ3n) is 6.25. The Morgan fingerprint density at radius 1 is 1.03 bits per heavy atom. The van der Waals surface area contributed by atoms with Crippen LogP contribution in [-0.2, 0) is 22.6 Å². The number of aryl methyl sites for hydroxylation is 1. The second kappa shape index (κ2) is 8.85. The smallest absolute Gasteiger partial charge is 0.227 e. The Morgan fingerprint density at radius 3 is 2.65 bits per heavy atom. The molecule has 2 fully saturated rings. The van der Waals surface area contributed by atoms with Crippen molar-refractivity contribution in [2.75, 3.05) is 25.2 Å². The average Bonchev–Trinajstić information content (AvgIpc) is 3.56. The summed E-state index contributed by atoms with van der Waals surface area (Å²) in [5, 5.41) is 9.31. The summed E-state index contributed by atoms with van der Waals surface area (Å²) in [5.74, 6) is 3.83. The maximum absolute atomic E-state index is 6.16. The van der Waals surface area contributed by atoms with Gasteiger partial charge in [-0.25, -0.2) is 0 Å². The highest BCUT2D eigenvalue weighted by molar-refractivity contribution is 5.33. The first kappa shape index (κ1) is 20.3. The van der Waals surface area contributed by atoms with Crippen molar-refractivity contribution in [2.45, 2.75) is 57.4 Å². The van der Waals surface area contributed by atoms with E-state index in [2.05, 4.69) is 43.9 Å². The minimum absolute atomic E-state index is 0.000439. The second-order valence-electron chi connectivity index (χ2n) is 8.57. The molecule has 3 aromatic rings. The van der Waals surface area contributed by atoms with E-state index >= 15 is 0 Å². The predicted molar refractivity (Wildman–Crippen MR) is 117 cm³/mol. The first-order valence-corrected chi connectivity index (χ1v) is 11.2. The Hall–Kier alpha value is -2.64. The van der Waals surface area contributed by atoms with E-state index in [4.69, 9.17) is 13.9 Å². The Morgan fingerprint density at radius 2 is 1.90 bits per heavy atom. The summed E-state index contributed by atoms with van der Waals surface area (Å²) >= 11 is 0. The van der Waals surface area contributed by atoms with Gasteiger partial charge in [0.1, 0.15) is 17.3 Å². The zero-order valence-corrected chi connectivity index (χ0v) is 18.2. The zero-order chi connectivity index (χ0) is 21.2. The van der Waals surface area contributed by atoms with Gasteiger partial charge in [-0.05, 0) is 43.9 Å². The van der Waals surface area contributed by atoms with Crippen LogP contribution in [0, 0.1) is 6.92 Å². The minimum Gasteiger partial charge on any atom is -0.464 e. The average molecular weight is 423 g/mol. The molecule has 2 aliphatic heterocycles. The second-order valence-corrected chi connectivity index (χ2v) is 8.57. The quantitative estimate of drug-likeness (QED) is 0.567. The molecule has 31 heavy (non-hydrogen) atoms. The lowest BCUT2D eigenvalue weighted by Crippen LogP contribution is -2.26. The summed E-state index contributed by atoms with van der Waals surface area (Å²) in [6, 6.07) is 14.4. The van der Waals surface area contributed by atoms with Gasteiger partial charge in [0.15, 0.2) is 0 Å². The highest BCUT2D eigenvalue weighted by atomic mass is 16.5. The van der Waals surface area contributed by atoms with Crippen LogP contribution in [-0.4, -0.2) is 41.1 Å². The summed E-state index contributed by atoms with van der Waals surface area (Å²) in [5.41, 5.74) is 1.19. The van der Waals surface area contributed by atoms with Crippen molar-refractivity contribution in [1.29, 1.82) is 0 Å². The molecule has 3 atom stereocenters. The van der Waals surface area contributed by atoms with Crippen molar-refractivity contribution in [3.05, 3.63) is 65.4 Å². The molecule has 1 aromatic carbocycles. The molecule has 0 radical (unpaired) electrons. The van der Waals surface area contributed by atoms with E-state index in [1.54, 1.807) is 0 Å². The molecule has 5 rings (SSSR count). The first-order chi connectivity index (χ1) is 15.2. The molecular formula is C24H30N4O3. The van der Waals surface area contributed by atoms with Gasteiger partial charge in [-0.1, -0.05) is 30.3 Å². The molecular weight excluding hydrogens is 392 g/mol. The van der Waals surface area contributed by atoms with Gasteiger partial charge < -0.3 is 18.8 Å². The van der Waals surface area contributed by atoms with Crippen LogP contribution < -0.4 is 4.90 Å². The van der Waals surface area contributed by atoms with E-state index in [0.29, 0.717) is 6.54 Å². The maximum Gasteiger partial charge on any atom is 0.227 e. The number of hydrogen-bond acceptors (Lipinski definition) is 6. The molecule has 164 valence electrons. The summed E-state index contributed by atoms with van der Waals surface area (Å²) in [6.45, 7) is 4.93. The molecule has 0 aliphatic carbocycles. The van der Waals surface area contributed by atoms with Gasteiger partial charge in [-0.15, -0.1) is 10.2 Å². The van der Waals surface area contributed by atoms with Gasteiger partial charge in [-0.2, -0.15) is 0 Å². The number of aromatic nitrogens is 3. The minimum atomic E-state index is -0.000439. The maximum atomic E-state index is 6.16. The van der Waals surface area contributed by atoms with Crippen molar-refractivity contribution in [1.82, 2.24) is 14.8 Å². The lowest BCUT2D eigenvalue weighted by atomic mass is 9.94. The Kier molecular flexibility index (Phi) is 5.78. The normalized spacial score (nSPS) is 23.5. The van der Waals surface area contributed by atoms with Crippen molar-refractivity contribution in [3.63, 3.8) is 0 Å². The largest absolute Gasteiger partial charge is 0.464 e. The number of nitrogens with zero attached hydrogens (tertiary/aromatic N) is 4. The first-order valence-electron chi connectivity index (χ1n) is 11.2. The van der Waals surface area contributed by atoms with Crippen LogP contribution >= 0.6 is 0 Å². The molecule has 2 aromatic heterocycles. The Labute approximate surface area is 183 Å². The van der Waals surface area contributed by atoms with Crippen molar-refractivity contribution < 1.29 is 13.9 Å². The van der Waals surface area contributed by atoms with Crippen molar-refractivity contribution in [2.24, 2.45) is 0 Å². The van der Waals surface area contributed by atoms with Gasteiger partial charge in [0.25, 0.3) is 0 Å². The van der Waals surface area contributed by atoms with Crippen LogP contribution in [0.1, 0.15) is 54.2 Å². The third-order valence-corrected chi connectivity index (χ3v) is 6.25. The molecule has 7 heteroatoms. The number of rotatable bonds is 7. The number of ether oxygens (including phenoxy) is 2. The molecule has 0 saturated carbocycles. The van der Waals surface area contributed by atoms with E-state index in [1.807, 2.05) is 32.2 Å². The van der Waals surface area contributed by atoms with Crippen LogP contribution in [0.3, 0.4) is 0 Å². The van der Waals surface area contributed by atoms with E-state index in [0.717, 1.165) is 62.3 Å². The summed E-state index contributed by atoms with van der Waals surface area (Å²) in [4.78, 5) is 2.11. The fraction of sp³-hybridized carbons (Fsp3) is 0.500. The Balaban J connectivity index is 1.46. The van der Waals surface area contributed by atoms with Crippen molar-refractivity contribution in [3.8, 4) is 0 Å². The fourth-order valence-electron chi connectivity index (χ4n) is 4.73. The van der Waals surface area contributed by atoms with E-state index < -0.39 is 0 Å². The van der Waals surface area contributed by atoms with Gasteiger partial charge in [0, 0.05) is 20.3 Å². The molecule has 2 saturated heterocycles. The monoisotopic (exact) mass is 422 g/mol. The van der Waals surface area contributed by atoms with Gasteiger partial charge in [0.2, 0.25) is 5.95 Å². The van der Waals surface area contributed by atoms with Crippen LogP contribution in [0.4, 0.5) is 5.95 Å². The summed E-state index contributed by atoms with van der Waals surface area (Å²) < 4.78 is 20.2. The fourth-order valence-corrected chi connectivity index (χ4v) is 4.73. The van der Waals surface area contributed by atoms with Crippen LogP contribution in [0.5, 0.6) is 0 Å². The van der Waals surface area contributed by atoms with Crippen LogP contribution in [0.2, 0.25) is 0 Å². The molecule has 2 aliphatic rings. The van der Waals surface area contributed by atoms with E-state index in [1.165, 1.54) is 5.56 Å². The highest BCUT2D eigenvalue weighted by Gasteiger charge is 2.36. The molecule has 4 heterocycles. The van der Waals surface area contributed by atoms with E-state index in [9.17, 15) is 0 Å². The van der Waals surface area contributed by atoms with E-state index in [-0.39, 0.29) is 18.1 Å². The van der Waals surface area contributed by atoms with Crippen LogP contribution in [0.25, 0.3) is 0 Å². The molecule has 1 unspecified atom stereocenters.